The molecule has 5 N–H and O–H groups in total. The summed E-state index contributed by atoms with van der Waals surface area (Å²) in [5.74, 6) is -5.14. The van der Waals surface area contributed by atoms with Gasteiger partial charge in [0.25, 0.3) is 5.60 Å². The number of aliphatic hydroxyl groups excluding tert-OH is 2. The highest BCUT2D eigenvalue weighted by molar-refractivity contribution is 6.16. The molecule has 32 heavy (non-hydrogen) atoms. The Morgan fingerprint density at radius 3 is 2.47 bits per heavy atom. The lowest BCUT2D eigenvalue weighted by Gasteiger charge is -2.54. The molecule has 4 rings (SSSR count). The van der Waals surface area contributed by atoms with Gasteiger partial charge in [0.1, 0.15) is 34.4 Å². The molecule has 0 unspecified atom stereocenters. The fourth-order valence-corrected chi connectivity index (χ4v) is 4.87. The van der Waals surface area contributed by atoms with Crippen molar-refractivity contribution < 1.29 is 49.4 Å². The Hall–Kier alpha value is -3.88. The van der Waals surface area contributed by atoms with E-state index in [4.69, 9.17) is 4.74 Å². The lowest BCUT2D eigenvalue weighted by Crippen LogP contribution is -2.73. The van der Waals surface area contributed by atoms with Crippen molar-refractivity contribution in [2.24, 2.45) is 0 Å². The maximum Gasteiger partial charge on any atom is 0.509 e. The van der Waals surface area contributed by atoms with Crippen molar-refractivity contribution in [1.29, 1.82) is 5.26 Å². The van der Waals surface area contributed by atoms with E-state index in [9.17, 15) is 45.2 Å². The normalized spacial score (nSPS) is 31.3. The van der Waals surface area contributed by atoms with Crippen LogP contribution in [0.3, 0.4) is 0 Å². The molecule has 0 heterocycles. The number of carbonyl (C=O) groups excluding carboxylic acids is 3. The van der Waals surface area contributed by atoms with Gasteiger partial charge in [0.15, 0.2) is 11.5 Å². The van der Waals surface area contributed by atoms with Crippen LogP contribution in [0.15, 0.2) is 35.1 Å². The fraction of sp³-hybridized carbons (Fsp3) is 0.333. The smallest absolute Gasteiger partial charge is 0.507 e. The highest BCUT2D eigenvalue weighted by atomic mass is 16.7. The van der Waals surface area contributed by atoms with Crippen LogP contribution in [0.4, 0.5) is 4.79 Å². The number of phenolic OH excluding ortho intramolecular Hbond substituents is 1. The lowest BCUT2D eigenvalue weighted by molar-refractivity contribution is -0.204. The molecule has 3 aliphatic carbocycles. The van der Waals surface area contributed by atoms with E-state index in [1.165, 1.54) is 24.3 Å². The molecule has 0 aliphatic heterocycles. The summed E-state index contributed by atoms with van der Waals surface area (Å²) in [6.07, 6.45) is -3.69. The van der Waals surface area contributed by atoms with E-state index in [1.807, 2.05) is 0 Å². The largest absolute Gasteiger partial charge is 0.509 e. The fourth-order valence-electron chi connectivity index (χ4n) is 4.87. The van der Waals surface area contributed by atoms with Crippen LogP contribution in [-0.4, -0.2) is 67.2 Å². The molecule has 1 aromatic carbocycles. The maximum absolute atomic E-state index is 13.7. The summed E-state index contributed by atoms with van der Waals surface area (Å²) in [7, 11) is 0.882. The Balaban J connectivity index is 2.08. The molecule has 3 atom stereocenters. The number of Topliss-reactive ketones (excluding diaryl/α,β-unsaturated/α-hetero) is 2. The summed E-state index contributed by atoms with van der Waals surface area (Å²) in [4.78, 5) is 38.2. The minimum atomic E-state index is -3.06. The predicted molar refractivity (Wildman–Crippen MR) is 102 cm³/mol. The van der Waals surface area contributed by atoms with Gasteiger partial charge in [-0.1, -0.05) is 12.1 Å². The molecule has 0 aromatic heterocycles. The van der Waals surface area contributed by atoms with E-state index in [-0.39, 0.29) is 17.5 Å². The number of ketones is 2. The molecule has 0 amide bonds. The quantitative estimate of drug-likeness (QED) is 0.379. The molecule has 0 bridgehead atoms. The third kappa shape index (κ3) is 2.44. The molecule has 166 valence electrons. The van der Waals surface area contributed by atoms with Crippen LogP contribution in [0.2, 0.25) is 0 Å². The number of carbonyl (C=O) groups is 3. The first-order valence-corrected chi connectivity index (χ1v) is 9.34. The second kappa shape index (κ2) is 6.56. The summed E-state index contributed by atoms with van der Waals surface area (Å²) < 4.78 is 9.40. The highest BCUT2D eigenvalue weighted by Crippen LogP contribution is 2.56. The van der Waals surface area contributed by atoms with E-state index in [1.54, 1.807) is 0 Å². The first kappa shape index (κ1) is 21.4. The second-order valence-corrected chi connectivity index (χ2v) is 7.95. The van der Waals surface area contributed by atoms with Gasteiger partial charge >= 0.3 is 6.16 Å². The number of rotatable bonds is 1. The number of aromatic hydroxyl groups is 1. The van der Waals surface area contributed by atoms with Crippen LogP contribution in [0.5, 0.6) is 5.75 Å². The summed E-state index contributed by atoms with van der Waals surface area (Å²) in [6, 6.07) is 5.56. The number of methoxy groups -OCH3 is 1. The van der Waals surface area contributed by atoms with Crippen molar-refractivity contribution >= 4 is 23.5 Å². The molecule has 1 saturated carbocycles. The van der Waals surface area contributed by atoms with Crippen LogP contribution < -0.4 is 0 Å². The Labute approximate surface area is 180 Å². The predicted octanol–water partition coefficient (Wildman–Crippen LogP) is 0.483. The molecule has 0 radical (unpaired) electrons. The van der Waals surface area contributed by atoms with Crippen LogP contribution in [0.1, 0.15) is 24.0 Å². The molecule has 0 spiro atoms. The number of hydrogen-bond donors (Lipinski definition) is 5. The van der Waals surface area contributed by atoms with Crippen molar-refractivity contribution in [1.82, 2.24) is 0 Å². The van der Waals surface area contributed by atoms with Crippen LogP contribution in [0.25, 0.3) is 5.76 Å². The summed E-state index contributed by atoms with van der Waals surface area (Å²) in [5, 5.41) is 63.9. The van der Waals surface area contributed by atoms with E-state index in [2.05, 4.69) is 4.74 Å². The van der Waals surface area contributed by atoms with Gasteiger partial charge in [-0.3, -0.25) is 9.59 Å². The monoisotopic (exact) mass is 443 g/mol. The third-order valence-corrected chi connectivity index (χ3v) is 6.15. The SMILES string of the molecule is COC(=O)O[C@]12C(=O)C3=C(O)c4c(O)cccc4C[C@@]3(O)C[C@@]1(O)CC(=O)C(C#N)=C2O. The Morgan fingerprint density at radius 2 is 1.84 bits per heavy atom. The second-order valence-electron chi connectivity index (χ2n) is 7.95. The first-order valence-electron chi connectivity index (χ1n) is 9.34. The van der Waals surface area contributed by atoms with Gasteiger partial charge in [-0.15, -0.1) is 0 Å². The van der Waals surface area contributed by atoms with Gasteiger partial charge in [0, 0.05) is 19.3 Å². The van der Waals surface area contributed by atoms with Crippen molar-refractivity contribution in [3.8, 4) is 11.8 Å². The van der Waals surface area contributed by atoms with Crippen molar-refractivity contribution in [3.63, 3.8) is 0 Å². The lowest BCUT2D eigenvalue weighted by atomic mass is 9.55. The number of benzene rings is 1. The zero-order chi connectivity index (χ0) is 23.6. The number of fused-ring (bicyclic) bond motifs is 3. The average molecular weight is 443 g/mol. The van der Waals surface area contributed by atoms with Crippen molar-refractivity contribution in [2.75, 3.05) is 7.11 Å². The molecular weight excluding hydrogens is 426 g/mol. The number of phenols is 1. The van der Waals surface area contributed by atoms with Gasteiger partial charge in [0.05, 0.1) is 18.2 Å². The topological polar surface area (TPSA) is 195 Å². The van der Waals surface area contributed by atoms with Crippen LogP contribution in [0, 0.1) is 11.3 Å². The van der Waals surface area contributed by atoms with Gasteiger partial charge in [0.2, 0.25) is 5.78 Å². The molecule has 1 fully saturated rings. The van der Waals surface area contributed by atoms with Gasteiger partial charge in [-0.2, -0.15) is 5.26 Å². The van der Waals surface area contributed by atoms with Gasteiger partial charge < -0.3 is 35.0 Å². The number of allylic oxidation sites excluding steroid dienone is 1. The minimum Gasteiger partial charge on any atom is -0.507 e. The van der Waals surface area contributed by atoms with Crippen molar-refractivity contribution in [2.45, 2.75) is 36.1 Å². The maximum atomic E-state index is 13.7. The minimum absolute atomic E-state index is 0.171. The Bertz CT molecular complexity index is 1210. The van der Waals surface area contributed by atoms with E-state index in [0.29, 0.717) is 0 Å². The van der Waals surface area contributed by atoms with Crippen molar-refractivity contribution in [3.05, 3.63) is 46.2 Å². The summed E-state index contributed by atoms with van der Waals surface area (Å²) >= 11 is 0. The number of aliphatic hydroxyl groups is 4. The third-order valence-electron chi connectivity index (χ3n) is 6.15. The summed E-state index contributed by atoms with van der Waals surface area (Å²) in [5.41, 5.74) is -9.64. The number of hydrogen-bond acceptors (Lipinski definition) is 11. The van der Waals surface area contributed by atoms with Crippen LogP contribution in [-0.2, 0) is 25.5 Å². The van der Waals surface area contributed by atoms with E-state index >= 15 is 0 Å². The molecule has 11 heteroatoms. The zero-order valence-electron chi connectivity index (χ0n) is 16.6. The number of nitriles is 1. The standard InChI is InChI=1S/C21H17NO10/c1-31-18(28)32-21-16(26)10(7-22)12(24)6-20(21,30)8-19(29)5-9-3-2-4-11(23)13(9)15(25)14(19)17(21)27/h2-4,23,25-26,29-30H,5-6,8H2,1H3/t19-,20+,21-/m1/s1. The van der Waals surface area contributed by atoms with Gasteiger partial charge in [-0.25, -0.2) is 4.79 Å². The van der Waals surface area contributed by atoms with Crippen LogP contribution >= 0.6 is 0 Å². The summed E-state index contributed by atoms with van der Waals surface area (Å²) in [6.45, 7) is 0. The zero-order valence-corrected chi connectivity index (χ0v) is 16.6. The molecule has 1 aromatic rings. The molecule has 11 nitrogen and oxygen atoms in total. The van der Waals surface area contributed by atoms with E-state index < -0.39 is 75.8 Å². The van der Waals surface area contributed by atoms with E-state index in [0.717, 1.165) is 7.11 Å². The number of ether oxygens (including phenoxy) is 2. The average Bonchev–Trinajstić information content (AvgIpc) is 2.69. The highest BCUT2D eigenvalue weighted by Gasteiger charge is 2.74. The molecular formula is C21H17NO10. The number of nitrogens with zero attached hydrogens (tertiary/aromatic N) is 1. The first-order chi connectivity index (χ1) is 15.0. The van der Waals surface area contributed by atoms with Gasteiger partial charge in [-0.05, 0) is 11.6 Å². The Kier molecular flexibility index (Phi) is 4.38. The molecule has 3 aliphatic rings. The molecule has 0 saturated heterocycles. The Morgan fingerprint density at radius 1 is 1.16 bits per heavy atom.